The predicted octanol–water partition coefficient (Wildman–Crippen LogP) is 2.79. The van der Waals surface area contributed by atoms with Gasteiger partial charge in [-0.3, -0.25) is 0 Å². The number of ether oxygens (including phenoxy) is 1. The van der Waals surface area contributed by atoms with Crippen molar-refractivity contribution in [2.24, 2.45) is 5.92 Å². The molecule has 0 amide bonds. The van der Waals surface area contributed by atoms with Crippen molar-refractivity contribution in [1.29, 1.82) is 0 Å². The molecule has 1 aliphatic rings. The Morgan fingerprint density at radius 3 is 2.76 bits per heavy atom. The van der Waals surface area contributed by atoms with Crippen LogP contribution in [0.15, 0.2) is 6.33 Å². The third-order valence-electron chi connectivity index (χ3n) is 3.46. The summed E-state index contributed by atoms with van der Waals surface area (Å²) in [5, 5.41) is 3.04. The molecule has 94 valence electrons. The lowest BCUT2D eigenvalue weighted by atomic mass is 9.90. The van der Waals surface area contributed by atoms with Crippen LogP contribution in [0.3, 0.4) is 0 Å². The number of anilines is 1. The van der Waals surface area contributed by atoms with Crippen molar-refractivity contribution in [3.05, 3.63) is 11.9 Å². The molecule has 0 bridgehead atoms. The van der Waals surface area contributed by atoms with Crippen molar-refractivity contribution in [3.8, 4) is 5.88 Å². The zero-order chi connectivity index (χ0) is 12.1. The molecule has 0 atom stereocenters. The van der Waals surface area contributed by atoms with Crippen LogP contribution in [0.1, 0.15) is 37.7 Å². The monoisotopic (exact) mass is 235 g/mol. The van der Waals surface area contributed by atoms with E-state index in [1.54, 1.807) is 6.33 Å². The number of aromatic nitrogens is 2. The van der Waals surface area contributed by atoms with Crippen LogP contribution in [0.25, 0.3) is 0 Å². The van der Waals surface area contributed by atoms with E-state index in [0.29, 0.717) is 5.92 Å². The highest BCUT2D eigenvalue weighted by Crippen LogP contribution is 2.26. The van der Waals surface area contributed by atoms with Gasteiger partial charge in [-0.05, 0) is 25.7 Å². The topological polar surface area (TPSA) is 47.0 Å². The molecule has 0 radical (unpaired) electrons. The van der Waals surface area contributed by atoms with E-state index in [1.807, 2.05) is 14.0 Å². The zero-order valence-electron chi connectivity index (χ0n) is 10.7. The first-order valence-electron chi connectivity index (χ1n) is 6.43. The summed E-state index contributed by atoms with van der Waals surface area (Å²) in [6.07, 6.45) is 8.21. The van der Waals surface area contributed by atoms with Gasteiger partial charge in [-0.2, -0.15) is 0 Å². The van der Waals surface area contributed by atoms with E-state index in [4.69, 9.17) is 4.74 Å². The normalized spacial score (nSPS) is 16.8. The molecule has 1 saturated carbocycles. The van der Waals surface area contributed by atoms with E-state index >= 15 is 0 Å². The Bertz CT molecular complexity index is 362. The highest BCUT2D eigenvalue weighted by molar-refractivity contribution is 5.46. The first-order chi connectivity index (χ1) is 8.31. The van der Waals surface area contributed by atoms with Crippen molar-refractivity contribution in [2.45, 2.75) is 39.0 Å². The van der Waals surface area contributed by atoms with E-state index in [-0.39, 0.29) is 0 Å². The quantitative estimate of drug-likeness (QED) is 0.871. The Morgan fingerprint density at radius 2 is 2.06 bits per heavy atom. The fraction of sp³-hybridized carbons (Fsp3) is 0.692. The van der Waals surface area contributed by atoms with E-state index in [1.165, 1.54) is 32.1 Å². The minimum Gasteiger partial charge on any atom is -0.477 e. The Kier molecular flexibility index (Phi) is 4.18. The second kappa shape index (κ2) is 5.84. The van der Waals surface area contributed by atoms with E-state index in [2.05, 4.69) is 15.3 Å². The lowest BCUT2D eigenvalue weighted by molar-refractivity contribution is 0.201. The van der Waals surface area contributed by atoms with Gasteiger partial charge < -0.3 is 10.1 Å². The van der Waals surface area contributed by atoms with Gasteiger partial charge in [0.05, 0.1) is 12.2 Å². The van der Waals surface area contributed by atoms with Crippen molar-refractivity contribution in [3.63, 3.8) is 0 Å². The van der Waals surface area contributed by atoms with Gasteiger partial charge in [-0.25, -0.2) is 9.97 Å². The fourth-order valence-corrected chi connectivity index (χ4v) is 2.38. The summed E-state index contributed by atoms with van der Waals surface area (Å²) in [5.74, 6) is 2.27. The van der Waals surface area contributed by atoms with Gasteiger partial charge in [0, 0.05) is 7.05 Å². The van der Waals surface area contributed by atoms with Gasteiger partial charge >= 0.3 is 0 Å². The average Bonchev–Trinajstić information content (AvgIpc) is 2.39. The molecule has 2 rings (SSSR count). The molecule has 0 aromatic carbocycles. The maximum absolute atomic E-state index is 5.83. The summed E-state index contributed by atoms with van der Waals surface area (Å²) >= 11 is 0. The van der Waals surface area contributed by atoms with Crippen molar-refractivity contribution in [1.82, 2.24) is 9.97 Å². The summed E-state index contributed by atoms with van der Waals surface area (Å²) < 4.78 is 5.83. The zero-order valence-corrected chi connectivity index (χ0v) is 10.7. The maximum Gasteiger partial charge on any atom is 0.221 e. The molecule has 1 fully saturated rings. The van der Waals surface area contributed by atoms with Crippen molar-refractivity contribution < 1.29 is 4.74 Å². The lowest BCUT2D eigenvalue weighted by Gasteiger charge is -2.21. The van der Waals surface area contributed by atoms with Gasteiger partial charge in [-0.1, -0.05) is 19.3 Å². The molecule has 4 heteroatoms. The summed E-state index contributed by atoms with van der Waals surface area (Å²) in [7, 11) is 1.86. The fourth-order valence-electron chi connectivity index (χ4n) is 2.38. The molecule has 1 N–H and O–H groups in total. The number of hydrogen-bond acceptors (Lipinski definition) is 4. The first-order valence-corrected chi connectivity index (χ1v) is 6.43. The number of nitrogens with one attached hydrogen (secondary N) is 1. The van der Waals surface area contributed by atoms with Crippen molar-refractivity contribution >= 4 is 5.82 Å². The van der Waals surface area contributed by atoms with Crippen molar-refractivity contribution in [2.75, 3.05) is 19.0 Å². The summed E-state index contributed by atoms with van der Waals surface area (Å²) in [6, 6.07) is 0. The van der Waals surface area contributed by atoms with Crippen LogP contribution in [-0.4, -0.2) is 23.6 Å². The first kappa shape index (κ1) is 12.1. The van der Waals surface area contributed by atoms with E-state index < -0.39 is 0 Å². The number of hydrogen-bond donors (Lipinski definition) is 1. The van der Waals surface area contributed by atoms with Gasteiger partial charge in [0.2, 0.25) is 5.88 Å². The maximum atomic E-state index is 5.83. The molecule has 0 aliphatic heterocycles. The molecule has 17 heavy (non-hydrogen) atoms. The lowest BCUT2D eigenvalue weighted by Crippen LogP contribution is -2.16. The third kappa shape index (κ3) is 3.08. The molecular formula is C13H21N3O. The molecule has 1 heterocycles. The molecule has 1 aliphatic carbocycles. The number of nitrogens with zero attached hydrogens (tertiary/aromatic N) is 2. The van der Waals surface area contributed by atoms with Gasteiger partial charge in [0.25, 0.3) is 0 Å². The largest absolute Gasteiger partial charge is 0.477 e. The Hall–Kier alpha value is -1.32. The minimum absolute atomic E-state index is 0.705. The Morgan fingerprint density at radius 1 is 1.29 bits per heavy atom. The predicted molar refractivity (Wildman–Crippen MR) is 68.4 cm³/mol. The van der Waals surface area contributed by atoms with Crippen LogP contribution >= 0.6 is 0 Å². The molecule has 1 aromatic heterocycles. The van der Waals surface area contributed by atoms with Crippen LogP contribution in [0, 0.1) is 12.8 Å². The highest BCUT2D eigenvalue weighted by atomic mass is 16.5. The Labute approximate surface area is 103 Å². The van der Waals surface area contributed by atoms with Crippen LogP contribution in [0.4, 0.5) is 5.82 Å². The SMILES string of the molecule is CNc1ncnc(OCC2CCCCC2)c1C. The third-order valence-corrected chi connectivity index (χ3v) is 3.46. The summed E-state index contributed by atoms with van der Waals surface area (Å²) in [5.41, 5.74) is 0.991. The van der Waals surface area contributed by atoms with Gasteiger partial charge in [0.15, 0.2) is 0 Å². The average molecular weight is 235 g/mol. The molecular weight excluding hydrogens is 214 g/mol. The van der Waals surface area contributed by atoms with Crippen LogP contribution in [0.5, 0.6) is 5.88 Å². The van der Waals surface area contributed by atoms with Gasteiger partial charge in [-0.15, -0.1) is 0 Å². The molecule has 0 unspecified atom stereocenters. The minimum atomic E-state index is 0.705. The smallest absolute Gasteiger partial charge is 0.221 e. The standard InChI is InChI=1S/C13H21N3O/c1-10-12(14-2)15-9-16-13(10)17-8-11-6-4-3-5-7-11/h9,11H,3-8H2,1-2H3,(H,14,15,16). The van der Waals surface area contributed by atoms with Crippen LogP contribution in [0.2, 0.25) is 0 Å². The molecule has 1 aromatic rings. The Balaban J connectivity index is 1.93. The molecule has 0 spiro atoms. The second-order valence-electron chi connectivity index (χ2n) is 4.72. The highest BCUT2D eigenvalue weighted by Gasteiger charge is 2.15. The number of rotatable bonds is 4. The van der Waals surface area contributed by atoms with Crippen LogP contribution in [-0.2, 0) is 0 Å². The van der Waals surface area contributed by atoms with E-state index in [0.717, 1.165) is 23.9 Å². The molecule has 4 nitrogen and oxygen atoms in total. The molecule has 0 saturated heterocycles. The second-order valence-corrected chi connectivity index (χ2v) is 4.72. The van der Waals surface area contributed by atoms with Crippen LogP contribution < -0.4 is 10.1 Å². The van der Waals surface area contributed by atoms with Gasteiger partial charge in [0.1, 0.15) is 12.1 Å². The van der Waals surface area contributed by atoms with E-state index in [9.17, 15) is 0 Å². The summed E-state index contributed by atoms with van der Waals surface area (Å²) in [4.78, 5) is 8.35. The summed E-state index contributed by atoms with van der Waals surface area (Å²) in [6.45, 7) is 2.78.